The van der Waals surface area contributed by atoms with Crippen LogP contribution < -0.4 is 5.32 Å². The van der Waals surface area contributed by atoms with Crippen molar-refractivity contribution in [2.24, 2.45) is 11.3 Å². The van der Waals surface area contributed by atoms with Crippen molar-refractivity contribution in [1.29, 1.82) is 0 Å². The molecule has 1 amide bonds. The van der Waals surface area contributed by atoms with Crippen LogP contribution in [0.3, 0.4) is 0 Å². The normalized spacial score (nSPS) is 21.0. The Morgan fingerprint density at radius 3 is 2.59 bits per heavy atom. The topological polar surface area (TPSA) is 66.4 Å². The summed E-state index contributed by atoms with van der Waals surface area (Å²) in [5, 5.41) is 12.0. The lowest BCUT2D eigenvalue weighted by atomic mass is 9.78. The van der Waals surface area contributed by atoms with E-state index in [1.54, 1.807) is 12.1 Å². The van der Waals surface area contributed by atoms with Crippen molar-refractivity contribution in [3.05, 3.63) is 35.9 Å². The fraction of sp³-hybridized carbons (Fsp3) is 0.444. The van der Waals surface area contributed by atoms with Crippen LogP contribution in [-0.2, 0) is 9.59 Å². The van der Waals surface area contributed by atoms with Gasteiger partial charge in [-0.3, -0.25) is 9.59 Å². The number of anilines is 1. The number of ketones is 1. The molecular formula is C18H23NO3. The van der Waals surface area contributed by atoms with E-state index in [4.69, 9.17) is 0 Å². The van der Waals surface area contributed by atoms with Gasteiger partial charge in [0.05, 0.1) is 0 Å². The number of amides is 1. The minimum Gasteiger partial charge on any atom is -0.508 e. The Bertz CT molecular complexity index is 599. The number of rotatable bonds is 3. The molecule has 22 heavy (non-hydrogen) atoms. The second-order valence-electron chi connectivity index (χ2n) is 6.70. The van der Waals surface area contributed by atoms with Crippen LogP contribution in [-0.4, -0.2) is 16.8 Å². The lowest BCUT2D eigenvalue weighted by Gasteiger charge is -2.24. The highest BCUT2D eigenvalue weighted by molar-refractivity contribution is 5.96. The Hall–Kier alpha value is -2.10. The zero-order chi connectivity index (χ0) is 16.3. The van der Waals surface area contributed by atoms with Crippen LogP contribution in [0.15, 0.2) is 35.9 Å². The third-order valence-electron chi connectivity index (χ3n) is 4.15. The van der Waals surface area contributed by atoms with E-state index >= 15 is 0 Å². The van der Waals surface area contributed by atoms with Gasteiger partial charge in [0.25, 0.3) is 0 Å². The molecule has 0 saturated carbocycles. The van der Waals surface area contributed by atoms with Crippen LogP contribution in [0.2, 0.25) is 0 Å². The average Bonchev–Trinajstić information content (AvgIpc) is 2.54. The molecule has 0 fully saturated rings. The highest BCUT2D eigenvalue weighted by atomic mass is 16.3. The molecule has 1 atom stereocenters. The van der Waals surface area contributed by atoms with Crippen LogP contribution in [0.4, 0.5) is 5.69 Å². The number of nitrogens with one attached hydrogen (secondary N) is 1. The first kappa shape index (κ1) is 16.3. The van der Waals surface area contributed by atoms with Crippen molar-refractivity contribution in [3.63, 3.8) is 0 Å². The molecule has 0 aromatic heterocycles. The Morgan fingerprint density at radius 1 is 1.32 bits per heavy atom. The molecule has 1 aliphatic carbocycles. The maximum Gasteiger partial charge on any atom is 0.225 e. The summed E-state index contributed by atoms with van der Waals surface area (Å²) >= 11 is 0. The van der Waals surface area contributed by atoms with Crippen molar-refractivity contribution in [2.75, 3.05) is 5.32 Å². The fourth-order valence-electron chi connectivity index (χ4n) is 2.79. The molecule has 0 radical (unpaired) electrons. The Morgan fingerprint density at radius 2 is 1.95 bits per heavy atom. The number of aromatic hydroxyl groups is 1. The van der Waals surface area contributed by atoms with Gasteiger partial charge >= 0.3 is 0 Å². The third-order valence-corrected chi connectivity index (χ3v) is 4.15. The Balaban J connectivity index is 2.04. The van der Waals surface area contributed by atoms with E-state index in [1.165, 1.54) is 17.7 Å². The van der Waals surface area contributed by atoms with E-state index in [2.05, 4.69) is 11.4 Å². The zero-order valence-electron chi connectivity index (χ0n) is 13.3. The number of carbonyl (C=O) groups is 2. The van der Waals surface area contributed by atoms with E-state index in [0.717, 1.165) is 6.42 Å². The summed E-state index contributed by atoms with van der Waals surface area (Å²) in [6.45, 7) is 5.89. The van der Waals surface area contributed by atoms with Crippen LogP contribution in [0.5, 0.6) is 5.75 Å². The molecule has 2 rings (SSSR count). The van der Waals surface area contributed by atoms with Gasteiger partial charge in [-0.1, -0.05) is 25.5 Å². The number of carbonyl (C=O) groups excluding carboxylic acids is 2. The summed E-state index contributed by atoms with van der Waals surface area (Å²) in [6.07, 6.45) is 3.67. The van der Waals surface area contributed by atoms with Crippen molar-refractivity contribution >= 4 is 17.4 Å². The largest absolute Gasteiger partial charge is 0.508 e. The van der Waals surface area contributed by atoms with Crippen molar-refractivity contribution < 1.29 is 14.7 Å². The maximum atomic E-state index is 12.6. The minimum absolute atomic E-state index is 0.152. The highest BCUT2D eigenvalue weighted by Crippen LogP contribution is 2.34. The number of hydrogen-bond acceptors (Lipinski definition) is 3. The molecule has 1 aromatic carbocycles. The highest BCUT2D eigenvalue weighted by Gasteiger charge is 2.35. The first-order chi connectivity index (χ1) is 10.3. The predicted molar refractivity (Wildman–Crippen MR) is 86.6 cm³/mol. The monoisotopic (exact) mass is 301 g/mol. The second kappa shape index (κ2) is 6.34. The SMILES string of the molecule is CC1=CCC(C)(C)C(=O)C(CC(=O)Nc2ccc(O)cc2)C1. The van der Waals surface area contributed by atoms with Crippen LogP contribution >= 0.6 is 0 Å². The van der Waals surface area contributed by atoms with Gasteiger partial charge in [-0.2, -0.15) is 0 Å². The number of hydrogen-bond donors (Lipinski definition) is 2. The summed E-state index contributed by atoms with van der Waals surface area (Å²) in [6, 6.07) is 6.30. The predicted octanol–water partition coefficient (Wildman–Crippen LogP) is 3.67. The lowest BCUT2D eigenvalue weighted by molar-refractivity contribution is -0.133. The smallest absolute Gasteiger partial charge is 0.225 e. The van der Waals surface area contributed by atoms with E-state index in [-0.39, 0.29) is 29.8 Å². The van der Waals surface area contributed by atoms with Gasteiger partial charge in [0, 0.05) is 23.4 Å². The van der Waals surface area contributed by atoms with Crippen molar-refractivity contribution in [3.8, 4) is 5.75 Å². The molecule has 0 saturated heterocycles. The quantitative estimate of drug-likeness (QED) is 0.661. The first-order valence-corrected chi connectivity index (χ1v) is 7.57. The zero-order valence-corrected chi connectivity index (χ0v) is 13.3. The molecule has 2 N–H and O–H groups in total. The fourth-order valence-corrected chi connectivity index (χ4v) is 2.79. The van der Waals surface area contributed by atoms with E-state index in [1.807, 2.05) is 20.8 Å². The summed E-state index contributed by atoms with van der Waals surface area (Å²) < 4.78 is 0. The van der Waals surface area contributed by atoms with Gasteiger partial charge in [-0.05, 0) is 44.0 Å². The summed E-state index contributed by atoms with van der Waals surface area (Å²) in [5.74, 6) is -0.138. The summed E-state index contributed by atoms with van der Waals surface area (Å²) in [5.41, 5.74) is 1.37. The number of phenols is 1. The average molecular weight is 301 g/mol. The van der Waals surface area contributed by atoms with Gasteiger partial charge in [0.15, 0.2) is 0 Å². The van der Waals surface area contributed by atoms with E-state index in [0.29, 0.717) is 12.1 Å². The Kier molecular flexibility index (Phi) is 4.69. The molecule has 0 bridgehead atoms. The maximum absolute atomic E-state index is 12.6. The molecule has 1 aromatic rings. The Labute approximate surface area is 131 Å². The van der Waals surface area contributed by atoms with Crippen LogP contribution in [0, 0.1) is 11.3 Å². The lowest BCUT2D eigenvalue weighted by Crippen LogP contribution is -2.32. The van der Waals surface area contributed by atoms with Crippen molar-refractivity contribution in [2.45, 2.75) is 40.0 Å². The molecule has 0 heterocycles. The molecule has 0 aliphatic heterocycles. The van der Waals surface area contributed by atoms with Gasteiger partial charge in [-0.25, -0.2) is 0 Å². The van der Waals surface area contributed by atoms with Gasteiger partial charge < -0.3 is 10.4 Å². The van der Waals surface area contributed by atoms with Gasteiger partial charge in [0.2, 0.25) is 5.91 Å². The van der Waals surface area contributed by atoms with Crippen LogP contribution in [0.25, 0.3) is 0 Å². The first-order valence-electron chi connectivity index (χ1n) is 7.57. The van der Waals surface area contributed by atoms with Gasteiger partial charge in [-0.15, -0.1) is 0 Å². The number of phenolic OH excluding ortho intramolecular Hbond substituents is 1. The number of Topliss-reactive ketones (excluding diaryl/α,β-unsaturated/α-hetero) is 1. The van der Waals surface area contributed by atoms with E-state index < -0.39 is 5.41 Å². The number of benzene rings is 1. The molecular weight excluding hydrogens is 278 g/mol. The molecule has 118 valence electrons. The molecule has 4 heteroatoms. The molecule has 0 spiro atoms. The second-order valence-corrected chi connectivity index (χ2v) is 6.70. The summed E-state index contributed by atoms with van der Waals surface area (Å²) in [7, 11) is 0. The molecule has 1 aliphatic rings. The number of allylic oxidation sites excluding steroid dienone is 2. The van der Waals surface area contributed by atoms with Crippen molar-refractivity contribution in [1.82, 2.24) is 0 Å². The van der Waals surface area contributed by atoms with Crippen LogP contribution in [0.1, 0.15) is 40.0 Å². The van der Waals surface area contributed by atoms with E-state index in [9.17, 15) is 14.7 Å². The third kappa shape index (κ3) is 3.97. The molecule has 1 unspecified atom stereocenters. The van der Waals surface area contributed by atoms with Gasteiger partial charge in [0.1, 0.15) is 11.5 Å². The standard InChI is InChI=1S/C18H23NO3/c1-12-8-9-18(2,3)17(22)13(10-12)11-16(21)19-14-4-6-15(20)7-5-14/h4-8,13,20H,9-11H2,1-3H3,(H,19,21). The minimum atomic E-state index is -0.415. The molecule has 4 nitrogen and oxygen atoms in total. The summed E-state index contributed by atoms with van der Waals surface area (Å²) in [4.78, 5) is 24.8.